The van der Waals surface area contributed by atoms with Crippen LogP contribution in [0.25, 0.3) is 0 Å². The van der Waals surface area contributed by atoms with Gasteiger partial charge < -0.3 is 14.7 Å². The molecule has 0 fully saturated rings. The highest BCUT2D eigenvalue weighted by molar-refractivity contribution is 8.14. The Hall–Kier alpha value is -0.590. The Labute approximate surface area is 317 Å². The highest BCUT2D eigenvalue weighted by Crippen LogP contribution is 2.27. The molecule has 2 atom stereocenters. The number of thioether (sulfide) groups is 1. The van der Waals surface area contributed by atoms with Gasteiger partial charge in [0.1, 0.15) is 0 Å². The third kappa shape index (κ3) is 33.3. The zero-order chi connectivity index (χ0) is 36.8. The summed E-state index contributed by atoms with van der Waals surface area (Å²) in [6, 6.07) is 0. The summed E-state index contributed by atoms with van der Waals surface area (Å²) in [5.74, 6) is 0.146. The van der Waals surface area contributed by atoms with Crippen LogP contribution < -0.4 is 0 Å². The Morgan fingerprint density at radius 1 is 0.520 bits per heavy atom. The minimum absolute atomic E-state index is 0.0505. The first-order valence-electron chi connectivity index (χ1n) is 22.2. The molecule has 6 heteroatoms. The van der Waals surface area contributed by atoms with E-state index in [9.17, 15) is 14.7 Å². The van der Waals surface area contributed by atoms with Crippen molar-refractivity contribution < 1.29 is 19.4 Å². The Morgan fingerprint density at radius 2 is 0.940 bits per heavy atom. The number of hydrogen-bond acceptors (Lipinski definition) is 6. The molecule has 0 saturated carbocycles. The maximum absolute atomic E-state index is 12.8. The van der Waals surface area contributed by atoms with Gasteiger partial charge in [0.25, 0.3) is 0 Å². The van der Waals surface area contributed by atoms with Crippen molar-refractivity contribution in [2.75, 3.05) is 32.8 Å². The summed E-state index contributed by atoms with van der Waals surface area (Å²) >= 11 is 1.67. The molecule has 0 aliphatic heterocycles. The van der Waals surface area contributed by atoms with Gasteiger partial charge >= 0.3 is 5.97 Å². The number of esters is 1. The third-order valence-corrected chi connectivity index (χ3v) is 11.6. The summed E-state index contributed by atoms with van der Waals surface area (Å²) in [5, 5.41) is 10.2. The van der Waals surface area contributed by atoms with E-state index in [-0.39, 0.29) is 18.5 Å². The van der Waals surface area contributed by atoms with Crippen molar-refractivity contribution in [2.24, 2.45) is 5.92 Å². The zero-order valence-electron chi connectivity index (χ0n) is 34.1. The molecule has 0 rings (SSSR count). The topological polar surface area (TPSA) is 66.8 Å². The van der Waals surface area contributed by atoms with Crippen LogP contribution in [0.15, 0.2) is 0 Å². The van der Waals surface area contributed by atoms with Crippen LogP contribution in [-0.4, -0.2) is 59.2 Å². The minimum atomic E-state index is 0.0505. The van der Waals surface area contributed by atoms with Crippen molar-refractivity contribution in [3.05, 3.63) is 0 Å². The summed E-state index contributed by atoms with van der Waals surface area (Å²) in [6.45, 7) is 13.1. The van der Waals surface area contributed by atoms with E-state index < -0.39 is 0 Å². The summed E-state index contributed by atoms with van der Waals surface area (Å²) < 4.78 is 5.78. The molecule has 1 N–H and O–H groups in total. The van der Waals surface area contributed by atoms with Gasteiger partial charge in [-0.15, -0.1) is 0 Å². The maximum atomic E-state index is 12.8. The summed E-state index contributed by atoms with van der Waals surface area (Å²) in [4.78, 5) is 28.2. The summed E-state index contributed by atoms with van der Waals surface area (Å²) in [7, 11) is 0. The highest BCUT2D eigenvalue weighted by Gasteiger charge is 2.19. The Morgan fingerprint density at radius 3 is 1.50 bits per heavy atom. The predicted octanol–water partition coefficient (Wildman–Crippen LogP) is 13.2. The molecule has 2 unspecified atom stereocenters. The van der Waals surface area contributed by atoms with Gasteiger partial charge in [-0.1, -0.05) is 168 Å². The molecule has 50 heavy (non-hydrogen) atoms. The minimum Gasteiger partial charge on any atom is -0.465 e. The second kappa shape index (κ2) is 39.6. The van der Waals surface area contributed by atoms with Gasteiger partial charge in [0, 0.05) is 18.3 Å². The van der Waals surface area contributed by atoms with Crippen LogP contribution in [0.2, 0.25) is 0 Å². The number of ether oxygens (including phenoxy) is 1. The smallest absolute Gasteiger partial charge is 0.308 e. The van der Waals surface area contributed by atoms with E-state index >= 15 is 0 Å². The van der Waals surface area contributed by atoms with Crippen LogP contribution in [0.4, 0.5) is 0 Å². The van der Waals surface area contributed by atoms with Crippen molar-refractivity contribution in [3.8, 4) is 0 Å². The lowest BCUT2D eigenvalue weighted by Gasteiger charge is -2.22. The molecular formula is C44H87NO4S. The highest BCUT2D eigenvalue weighted by atomic mass is 32.2. The Kier molecular flexibility index (Phi) is 39.1. The monoisotopic (exact) mass is 726 g/mol. The van der Waals surface area contributed by atoms with Crippen molar-refractivity contribution in [1.82, 2.24) is 4.90 Å². The Balaban J connectivity index is 4.29. The molecule has 0 aromatic heterocycles. The SMILES string of the molecule is CCCCCCCC(CCCCC)SC(=O)CCCCCCN(CCCCO)CCCCCCOC(=O)C(CCCCC)CCCCCCC. The largest absolute Gasteiger partial charge is 0.465 e. The van der Waals surface area contributed by atoms with Crippen LogP contribution in [0, 0.1) is 5.92 Å². The van der Waals surface area contributed by atoms with E-state index in [2.05, 4.69) is 32.6 Å². The fraction of sp³-hybridized carbons (Fsp3) is 0.955. The van der Waals surface area contributed by atoms with E-state index in [4.69, 9.17) is 4.74 Å². The lowest BCUT2D eigenvalue weighted by atomic mass is 9.94. The number of hydrogen-bond donors (Lipinski definition) is 1. The normalized spacial score (nSPS) is 12.8. The van der Waals surface area contributed by atoms with Gasteiger partial charge in [-0.2, -0.15) is 0 Å². The third-order valence-electron chi connectivity index (χ3n) is 10.3. The molecule has 0 spiro atoms. The Bertz CT molecular complexity index is 720. The average molecular weight is 726 g/mol. The molecule has 0 amide bonds. The molecule has 0 aliphatic rings. The second-order valence-electron chi connectivity index (χ2n) is 15.2. The number of unbranched alkanes of at least 4 members (excludes halogenated alkanes) is 19. The number of aliphatic hydroxyl groups is 1. The van der Waals surface area contributed by atoms with Crippen molar-refractivity contribution in [2.45, 2.75) is 232 Å². The number of rotatable bonds is 40. The van der Waals surface area contributed by atoms with Crippen LogP contribution in [-0.2, 0) is 14.3 Å². The van der Waals surface area contributed by atoms with Crippen molar-refractivity contribution in [1.29, 1.82) is 0 Å². The summed E-state index contributed by atoms with van der Waals surface area (Å²) in [6.07, 6.45) is 36.1. The predicted molar refractivity (Wildman–Crippen MR) is 220 cm³/mol. The van der Waals surface area contributed by atoms with Gasteiger partial charge in [-0.3, -0.25) is 9.59 Å². The quantitative estimate of drug-likeness (QED) is 0.0501. The molecule has 0 radical (unpaired) electrons. The molecule has 5 nitrogen and oxygen atoms in total. The van der Waals surface area contributed by atoms with Crippen molar-refractivity contribution >= 4 is 22.8 Å². The van der Waals surface area contributed by atoms with Crippen LogP contribution in [0.1, 0.15) is 227 Å². The number of carbonyl (C=O) groups is 2. The van der Waals surface area contributed by atoms with Crippen LogP contribution in [0.5, 0.6) is 0 Å². The molecule has 0 aromatic carbocycles. The summed E-state index contributed by atoms with van der Waals surface area (Å²) in [5.41, 5.74) is 0. The molecule has 0 heterocycles. The standard InChI is InChI=1S/C44H87NO4S/c1-5-9-13-15-23-32-41(31-21-11-7-3)44(48)49-40-30-20-19-27-37-45(38-28-29-39-46)36-26-18-17-25-35-43(47)50-42(33-22-12-8-4)34-24-16-14-10-6-2/h41-42,46H,5-40H2,1-4H3. The first-order valence-corrected chi connectivity index (χ1v) is 23.1. The zero-order valence-corrected chi connectivity index (χ0v) is 35.0. The van der Waals surface area contributed by atoms with Crippen molar-refractivity contribution in [3.63, 3.8) is 0 Å². The fourth-order valence-electron chi connectivity index (χ4n) is 6.94. The first-order chi connectivity index (χ1) is 24.5. The average Bonchev–Trinajstić information content (AvgIpc) is 3.11. The van der Waals surface area contributed by atoms with E-state index in [1.807, 2.05) is 0 Å². The van der Waals surface area contributed by atoms with E-state index in [0.717, 1.165) is 90.3 Å². The first kappa shape index (κ1) is 49.4. The molecule has 298 valence electrons. The van der Waals surface area contributed by atoms with Gasteiger partial charge in [-0.05, 0) is 83.8 Å². The van der Waals surface area contributed by atoms with E-state index in [0.29, 0.717) is 17.0 Å². The molecular weight excluding hydrogens is 639 g/mol. The number of nitrogens with zero attached hydrogens (tertiary/aromatic N) is 1. The van der Waals surface area contributed by atoms with Gasteiger partial charge in [0.15, 0.2) is 5.12 Å². The molecule has 0 bridgehead atoms. The lowest BCUT2D eigenvalue weighted by molar-refractivity contribution is -0.149. The molecule has 0 aromatic rings. The van der Waals surface area contributed by atoms with Gasteiger partial charge in [0.2, 0.25) is 0 Å². The van der Waals surface area contributed by atoms with E-state index in [1.165, 1.54) is 128 Å². The van der Waals surface area contributed by atoms with E-state index in [1.54, 1.807) is 11.8 Å². The van der Waals surface area contributed by atoms with Gasteiger partial charge in [0.05, 0.1) is 12.5 Å². The fourth-order valence-corrected chi connectivity index (χ4v) is 8.15. The second-order valence-corrected chi connectivity index (χ2v) is 16.6. The number of carbonyl (C=O) groups excluding carboxylic acids is 2. The van der Waals surface area contributed by atoms with Gasteiger partial charge in [-0.25, -0.2) is 0 Å². The molecule has 0 aliphatic carbocycles. The number of aliphatic hydroxyl groups excluding tert-OH is 1. The van der Waals surface area contributed by atoms with Crippen LogP contribution in [0.3, 0.4) is 0 Å². The lowest BCUT2D eigenvalue weighted by Crippen LogP contribution is -2.27. The molecule has 0 saturated heterocycles. The van der Waals surface area contributed by atoms with Crippen LogP contribution >= 0.6 is 11.8 Å². The maximum Gasteiger partial charge on any atom is 0.308 e.